The standard InChI is InChI=1S/C26H16ClFN2O5/c27-23-20(11-10-19-22(23)25(33)18-5-2-1-4-17(18)24(19)32)26(34)35-14-21(31)30(13-3-12-29)16-8-6-15(28)7-9-16/h1-2,4-11H,3,13-14H2. The van der Waals surface area contributed by atoms with Crippen molar-refractivity contribution in [2.75, 3.05) is 18.1 Å². The van der Waals surface area contributed by atoms with Crippen molar-refractivity contribution in [3.05, 3.63) is 99.3 Å². The molecule has 1 amide bonds. The molecule has 0 saturated heterocycles. The van der Waals surface area contributed by atoms with E-state index in [0.29, 0.717) is 5.69 Å². The molecule has 0 radical (unpaired) electrons. The Balaban J connectivity index is 1.55. The Kier molecular flexibility index (Phi) is 6.71. The zero-order valence-electron chi connectivity index (χ0n) is 18.1. The van der Waals surface area contributed by atoms with Gasteiger partial charge in [0.2, 0.25) is 0 Å². The van der Waals surface area contributed by atoms with Crippen LogP contribution in [0.5, 0.6) is 0 Å². The molecular formula is C26H16ClFN2O5. The molecule has 3 aromatic carbocycles. The number of carbonyl (C=O) groups excluding carboxylic acids is 4. The summed E-state index contributed by atoms with van der Waals surface area (Å²) in [6.45, 7) is -0.682. The molecule has 0 atom stereocenters. The van der Waals surface area contributed by atoms with Crippen LogP contribution in [-0.2, 0) is 9.53 Å². The topological polar surface area (TPSA) is 105 Å². The maximum atomic E-state index is 13.3. The Labute approximate surface area is 204 Å². The molecule has 35 heavy (non-hydrogen) atoms. The van der Waals surface area contributed by atoms with Crippen LogP contribution in [0.15, 0.2) is 60.7 Å². The summed E-state index contributed by atoms with van der Waals surface area (Å²) < 4.78 is 18.4. The number of ketones is 2. The molecule has 0 fully saturated rings. The van der Waals surface area contributed by atoms with E-state index >= 15 is 0 Å². The molecule has 0 spiro atoms. The van der Waals surface area contributed by atoms with Crippen molar-refractivity contribution < 1.29 is 28.3 Å². The van der Waals surface area contributed by atoms with Gasteiger partial charge in [-0.3, -0.25) is 14.4 Å². The number of carbonyl (C=O) groups is 4. The molecule has 9 heteroatoms. The zero-order chi connectivity index (χ0) is 25.1. The van der Waals surface area contributed by atoms with Crippen LogP contribution in [0.3, 0.4) is 0 Å². The number of rotatable bonds is 6. The minimum atomic E-state index is -0.968. The van der Waals surface area contributed by atoms with Crippen LogP contribution < -0.4 is 4.90 Å². The Morgan fingerprint density at radius 1 is 0.943 bits per heavy atom. The van der Waals surface area contributed by atoms with Crippen LogP contribution >= 0.6 is 11.6 Å². The quantitative estimate of drug-likeness (QED) is 0.372. The lowest BCUT2D eigenvalue weighted by Gasteiger charge is -2.22. The number of ether oxygens (including phenoxy) is 1. The number of amides is 1. The molecule has 3 aromatic rings. The smallest absolute Gasteiger partial charge is 0.340 e. The first kappa shape index (κ1) is 23.8. The van der Waals surface area contributed by atoms with Crippen molar-refractivity contribution in [2.24, 2.45) is 0 Å². The fourth-order valence-corrected chi connectivity index (χ4v) is 4.10. The van der Waals surface area contributed by atoms with Gasteiger partial charge in [-0.15, -0.1) is 0 Å². The molecule has 0 unspecified atom stereocenters. The van der Waals surface area contributed by atoms with Crippen LogP contribution in [0.2, 0.25) is 5.02 Å². The normalized spacial score (nSPS) is 11.8. The Bertz CT molecular complexity index is 1410. The minimum Gasteiger partial charge on any atom is -0.452 e. The number of anilines is 1. The fraction of sp³-hybridized carbons (Fsp3) is 0.115. The van der Waals surface area contributed by atoms with Gasteiger partial charge in [-0.1, -0.05) is 35.9 Å². The summed E-state index contributed by atoms with van der Waals surface area (Å²) in [6, 6.07) is 15.9. The molecule has 0 heterocycles. The third kappa shape index (κ3) is 4.54. The van der Waals surface area contributed by atoms with E-state index in [1.807, 2.05) is 6.07 Å². The maximum absolute atomic E-state index is 13.3. The summed E-state index contributed by atoms with van der Waals surface area (Å²) in [4.78, 5) is 52.4. The summed E-state index contributed by atoms with van der Waals surface area (Å²) in [7, 11) is 0. The highest BCUT2D eigenvalue weighted by molar-refractivity contribution is 6.41. The van der Waals surface area contributed by atoms with E-state index in [2.05, 4.69) is 0 Å². The lowest BCUT2D eigenvalue weighted by Crippen LogP contribution is -2.35. The number of esters is 1. The van der Waals surface area contributed by atoms with Gasteiger partial charge in [0.25, 0.3) is 5.91 Å². The van der Waals surface area contributed by atoms with Gasteiger partial charge in [0.15, 0.2) is 18.2 Å². The van der Waals surface area contributed by atoms with Crippen molar-refractivity contribution in [3.63, 3.8) is 0 Å². The summed E-state index contributed by atoms with van der Waals surface area (Å²) in [6.07, 6.45) is 0.00529. The van der Waals surface area contributed by atoms with Crippen LogP contribution in [0.25, 0.3) is 0 Å². The molecule has 0 saturated carbocycles. The first-order valence-electron chi connectivity index (χ1n) is 10.4. The summed E-state index contributed by atoms with van der Waals surface area (Å²) in [5, 5.41) is 8.64. The van der Waals surface area contributed by atoms with Crippen molar-refractivity contribution in [2.45, 2.75) is 6.42 Å². The molecule has 0 aliphatic heterocycles. The highest BCUT2D eigenvalue weighted by atomic mass is 35.5. The van der Waals surface area contributed by atoms with Gasteiger partial charge < -0.3 is 9.64 Å². The first-order chi connectivity index (χ1) is 16.8. The van der Waals surface area contributed by atoms with E-state index in [0.717, 1.165) is 12.1 Å². The molecule has 0 bridgehead atoms. The van der Waals surface area contributed by atoms with Crippen molar-refractivity contribution >= 4 is 40.7 Å². The highest BCUT2D eigenvalue weighted by Gasteiger charge is 2.33. The molecule has 1 aliphatic rings. The number of hydrogen-bond acceptors (Lipinski definition) is 6. The van der Waals surface area contributed by atoms with Gasteiger partial charge in [-0.05, 0) is 36.4 Å². The number of benzene rings is 3. The Morgan fingerprint density at radius 3 is 2.26 bits per heavy atom. The molecule has 0 aromatic heterocycles. The molecule has 174 valence electrons. The van der Waals surface area contributed by atoms with E-state index < -0.39 is 30.1 Å². The summed E-state index contributed by atoms with van der Waals surface area (Å²) in [5.41, 5.74) is 0.560. The average Bonchev–Trinajstić information content (AvgIpc) is 2.87. The van der Waals surface area contributed by atoms with Gasteiger partial charge >= 0.3 is 5.97 Å². The predicted molar refractivity (Wildman–Crippen MR) is 124 cm³/mol. The van der Waals surface area contributed by atoms with Crippen molar-refractivity contribution in [1.82, 2.24) is 0 Å². The SMILES string of the molecule is N#CCCN(C(=O)COC(=O)c1ccc2c(c1Cl)C(=O)c1ccccc1C2=O)c1ccc(F)cc1. The van der Waals surface area contributed by atoms with Crippen LogP contribution in [0.4, 0.5) is 10.1 Å². The van der Waals surface area contributed by atoms with Crippen LogP contribution in [-0.4, -0.2) is 36.6 Å². The Hall–Kier alpha value is -4.35. The number of hydrogen-bond donors (Lipinski definition) is 0. The molecule has 4 rings (SSSR count). The first-order valence-corrected chi connectivity index (χ1v) is 10.8. The van der Waals surface area contributed by atoms with Crippen molar-refractivity contribution in [3.8, 4) is 6.07 Å². The third-order valence-corrected chi connectivity index (χ3v) is 5.86. The maximum Gasteiger partial charge on any atom is 0.340 e. The predicted octanol–water partition coefficient (Wildman–Crippen LogP) is 4.36. The summed E-state index contributed by atoms with van der Waals surface area (Å²) in [5.74, 6) is -2.99. The minimum absolute atomic E-state index is 0.00529. The molecule has 0 N–H and O–H groups in total. The number of nitriles is 1. The lowest BCUT2D eigenvalue weighted by molar-refractivity contribution is -0.121. The average molecular weight is 491 g/mol. The van der Waals surface area contributed by atoms with E-state index in [1.165, 1.54) is 35.2 Å². The van der Waals surface area contributed by atoms with Gasteiger partial charge in [0.1, 0.15) is 5.82 Å². The molecular weight excluding hydrogens is 475 g/mol. The van der Waals surface area contributed by atoms with Crippen LogP contribution in [0.1, 0.15) is 48.6 Å². The Morgan fingerprint density at radius 2 is 1.60 bits per heavy atom. The van der Waals surface area contributed by atoms with E-state index in [9.17, 15) is 23.6 Å². The highest BCUT2D eigenvalue weighted by Crippen LogP contribution is 2.34. The third-order valence-electron chi connectivity index (χ3n) is 5.46. The van der Waals surface area contributed by atoms with Crippen LogP contribution in [0, 0.1) is 17.1 Å². The van der Waals surface area contributed by atoms with Gasteiger partial charge in [-0.25, -0.2) is 9.18 Å². The monoisotopic (exact) mass is 490 g/mol. The molecule has 1 aliphatic carbocycles. The van der Waals surface area contributed by atoms with Crippen molar-refractivity contribution in [1.29, 1.82) is 5.26 Å². The second kappa shape index (κ2) is 9.87. The zero-order valence-corrected chi connectivity index (χ0v) is 18.8. The number of fused-ring (bicyclic) bond motifs is 2. The fourth-order valence-electron chi connectivity index (χ4n) is 3.77. The van der Waals surface area contributed by atoms with Gasteiger partial charge in [0.05, 0.1) is 28.6 Å². The van der Waals surface area contributed by atoms with Gasteiger partial charge in [0, 0.05) is 28.9 Å². The second-order valence-corrected chi connectivity index (χ2v) is 7.94. The number of nitrogens with zero attached hydrogens (tertiary/aromatic N) is 2. The van der Waals surface area contributed by atoms with E-state index in [1.54, 1.807) is 18.2 Å². The summed E-state index contributed by atoms with van der Waals surface area (Å²) >= 11 is 6.36. The number of halogens is 2. The molecule has 7 nitrogen and oxygen atoms in total. The van der Waals surface area contributed by atoms with E-state index in [4.69, 9.17) is 21.6 Å². The second-order valence-electron chi connectivity index (χ2n) is 7.56. The lowest BCUT2D eigenvalue weighted by atomic mass is 9.83. The van der Waals surface area contributed by atoms with E-state index in [-0.39, 0.29) is 51.6 Å². The van der Waals surface area contributed by atoms with Gasteiger partial charge in [-0.2, -0.15) is 5.26 Å². The largest absolute Gasteiger partial charge is 0.452 e.